The van der Waals surface area contributed by atoms with E-state index in [4.69, 9.17) is 9.47 Å². The van der Waals surface area contributed by atoms with Crippen molar-refractivity contribution in [3.63, 3.8) is 0 Å². The maximum absolute atomic E-state index is 10.6. The van der Waals surface area contributed by atoms with Gasteiger partial charge in [-0.1, -0.05) is 12.1 Å². The molecule has 112 valence electrons. The first kappa shape index (κ1) is 15.3. The molecule has 1 aromatic carbocycles. The molecule has 0 spiro atoms. The van der Waals surface area contributed by atoms with Gasteiger partial charge < -0.3 is 14.6 Å². The van der Waals surface area contributed by atoms with Crippen molar-refractivity contribution in [2.75, 3.05) is 7.11 Å². The highest BCUT2D eigenvalue weighted by molar-refractivity contribution is 5.29. The van der Waals surface area contributed by atoms with Gasteiger partial charge in [-0.3, -0.25) is 0 Å². The van der Waals surface area contributed by atoms with Crippen molar-refractivity contribution >= 4 is 0 Å². The van der Waals surface area contributed by atoms with E-state index in [2.05, 4.69) is 27.7 Å². The average molecular weight is 278 g/mol. The molecule has 1 aliphatic rings. The summed E-state index contributed by atoms with van der Waals surface area (Å²) in [6.45, 7) is 8.32. The lowest BCUT2D eigenvalue weighted by molar-refractivity contribution is -0.0873. The number of aliphatic hydroxyl groups is 1. The number of methoxy groups -OCH3 is 1. The molecule has 1 saturated heterocycles. The molecule has 3 nitrogen and oxygen atoms in total. The molecule has 1 fully saturated rings. The van der Waals surface area contributed by atoms with Gasteiger partial charge in [0.1, 0.15) is 5.75 Å². The van der Waals surface area contributed by atoms with Gasteiger partial charge in [-0.25, -0.2) is 0 Å². The Hall–Kier alpha value is -1.06. The summed E-state index contributed by atoms with van der Waals surface area (Å²) in [4.78, 5) is 0. The van der Waals surface area contributed by atoms with Crippen LogP contribution in [0.4, 0.5) is 0 Å². The van der Waals surface area contributed by atoms with Gasteiger partial charge in [0, 0.05) is 5.92 Å². The molecule has 0 saturated carbocycles. The standard InChI is InChI=1S/C17H26O3/c1-16(2)11-14(17(3,4)20-16)15(18)10-12-7-6-8-13(9-12)19-5/h6-9,14-15,18H,10-11H2,1-5H3. The quantitative estimate of drug-likeness (QED) is 0.919. The van der Waals surface area contributed by atoms with Crippen LogP contribution in [0.2, 0.25) is 0 Å². The predicted molar refractivity (Wildman–Crippen MR) is 80.1 cm³/mol. The maximum Gasteiger partial charge on any atom is 0.119 e. The van der Waals surface area contributed by atoms with E-state index in [0.717, 1.165) is 17.7 Å². The fourth-order valence-electron chi connectivity index (χ4n) is 3.39. The number of hydrogen-bond donors (Lipinski definition) is 1. The molecule has 20 heavy (non-hydrogen) atoms. The molecule has 2 atom stereocenters. The highest BCUT2D eigenvalue weighted by atomic mass is 16.5. The molecule has 1 N–H and O–H groups in total. The van der Waals surface area contributed by atoms with Crippen LogP contribution < -0.4 is 4.74 Å². The molecule has 0 bridgehead atoms. The van der Waals surface area contributed by atoms with Crippen LogP contribution in [0.15, 0.2) is 24.3 Å². The van der Waals surface area contributed by atoms with Crippen LogP contribution in [0.3, 0.4) is 0 Å². The Morgan fingerprint density at radius 2 is 2.05 bits per heavy atom. The summed E-state index contributed by atoms with van der Waals surface area (Å²) in [5, 5.41) is 10.6. The van der Waals surface area contributed by atoms with Gasteiger partial charge in [-0.2, -0.15) is 0 Å². The largest absolute Gasteiger partial charge is 0.497 e. The van der Waals surface area contributed by atoms with Gasteiger partial charge >= 0.3 is 0 Å². The third-order valence-electron chi connectivity index (χ3n) is 4.19. The van der Waals surface area contributed by atoms with Crippen molar-refractivity contribution in [3.8, 4) is 5.75 Å². The second kappa shape index (κ2) is 5.38. The SMILES string of the molecule is COc1cccc(CC(O)C2CC(C)(C)OC2(C)C)c1. The van der Waals surface area contributed by atoms with E-state index >= 15 is 0 Å². The lowest BCUT2D eigenvalue weighted by Crippen LogP contribution is -2.37. The fourth-order valence-corrected chi connectivity index (χ4v) is 3.39. The Kier molecular flexibility index (Phi) is 4.12. The minimum atomic E-state index is -0.404. The summed E-state index contributed by atoms with van der Waals surface area (Å²) >= 11 is 0. The number of ether oxygens (including phenoxy) is 2. The van der Waals surface area contributed by atoms with Crippen molar-refractivity contribution in [1.29, 1.82) is 0 Å². The number of rotatable bonds is 4. The average Bonchev–Trinajstić information content (AvgIpc) is 2.57. The van der Waals surface area contributed by atoms with E-state index < -0.39 is 6.10 Å². The normalized spacial score (nSPS) is 25.4. The Bertz CT molecular complexity index is 465. The third-order valence-corrected chi connectivity index (χ3v) is 4.19. The van der Waals surface area contributed by atoms with E-state index in [1.165, 1.54) is 0 Å². The van der Waals surface area contributed by atoms with Gasteiger partial charge in [0.25, 0.3) is 0 Å². The predicted octanol–water partition coefficient (Wildman–Crippen LogP) is 3.19. The molecule has 0 radical (unpaired) electrons. The lowest BCUT2D eigenvalue weighted by atomic mass is 9.81. The second-order valence-electron chi connectivity index (χ2n) is 6.90. The highest BCUT2D eigenvalue weighted by Gasteiger charge is 2.48. The van der Waals surface area contributed by atoms with Gasteiger partial charge in [-0.15, -0.1) is 0 Å². The van der Waals surface area contributed by atoms with E-state index in [0.29, 0.717) is 6.42 Å². The first-order valence-corrected chi connectivity index (χ1v) is 7.25. The van der Waals surface area contributed by atoms with E-state index in [1.54, 1.807) is 7.11 Å². The maximum atomic E-state index is 10.6. The molecular formula is C17H26O3. The molecule has 2 unspecified atom stereocenters. The zero-order valence-electron chi connectivity index (χ0n) is 13.1. The summed E-state index contributed by atoms with van der Waals surface area (Å²) in [7, 11) is 1.66. The topological polar surface area (TPSA) is 38.7 Å². The van der Waals surface area contributed by atoms with Crippen LogP contribution in [0.25, 0.3) is 0 Å². The van der Waals surface area contributed by atoms with E-state index in [-0.39, 0.29) is 17.1 Å². The molecule has 1 aromatic rings. The van der Waals surface area contributed by atoms with Crippen molar-refractivity contribution in [1.82, 2.24) is 0 Å². The summed E-state index contributed by atoms with van der Waals surface area (Å²) in [6, 6.07) is 7.89. The van der Waals surface area contributed by atoms with Crippen molar-refractivity contribution in [3.05, 3.63) is 29.8 Å². The van der Waals surface area contributed by atoms with Crippen molar-refractivity contribution in [2.24, 2.45) is 5.92 Å². The van der Waals surface area contributed by atoms with E-state index in [1.807, 2.05) is 24.3 Å². The molecule has 2 rings (SSSR count). The monoisotopic (exact) mass is 278 g/mol. The Morgan fingerprint density at radius 1 is 1.35 bits per heavy atom. The Labute approximate surface area is 121 Å². The third kappa shape index (κ3) is 3.33. The molecule has 3 heteroatoms. The van der Waals surface area contributed by atoms with Crippen LogP contribution in [0.1, 0.15) is 39.7 Å². The molecule has 0 amide bonds. The number of benzene rings is 1. The van der Waals surface area contributed by atoms with Gasteiger partial charge in [-0.05, 0) is 58.2 Å². The van der Waals surface area contributed by atoms with Crippen molar-refractivity contribution < 1.29 is 14.6 Å². The smallest absolute Gasteiger partial charge is 0.119 e. The molecule has 0 aliphatic carbocycles. The van der Waals surface area contributed by atoms with Crippen LogP contribution in [0, 0.1) is 5.92 Å². The minimum absolute atomic E-state index is 0.142. The molecule has 1 heterocycles. The van der Waals surface area contributed by atoms with E-state index in [9.17, 15) is 5.11 Å². The van der Waals surface area contributed by atoms with Gasteiger partial charge in [0.2, 0.25) is 0 Å². The number of aliphatic hydroxyl groups excluding tert-OH is 1. The number of hydrogen-bond acceptors (Lipinski definition) is 3. The molecule has 1 aliphatic heterocycles. The zero-order valence-corrected chi connectivity index (χ0v) is 13.1. The van der Waals surface area contributed by atoms with Crippen LogP contribution in [-0.2, 0) is 11.2 Å². The van der Waals surface area contributed by atoms with Crippen LogP contribution in [0.5, 0.6) is 5.75 Å². The van der Waals surface area contributed by atoms with Crippen LogP contribution in [-0.4, -0.2) is 29.5 Å². The second-order valence-corrected chi connectivity index (χ2v) is 6.90. The van der Waals surface area contributed by atoms with Crippen LogP contribution >= 0.6 is 0 Å². The highest BCUT2D eigenvalue weighted by Crippen LogP contribution is 2.44. The Morgan fingerprint density at radius 3 is 2.60 bits per heavy atom. The summed E-state index contributed by atoms with van der Waals surface area (Å²) in [6.07, 6.45) is 1.11. The first-order valence-electron chi connectivity index (χ1n) is 7.25. The summed E-state index contributed by atoms with van der Waals surface area (Å²) < 4.78 is 11.3. The van der Waals surface area contributed by atoms with Crippen molar-refractivity contribution in [2.45, 2.75) is 57.8 Å². The molecular weight excluding hydrogens is 252 g/mol. The fraction of sp³-hybridized carbons (Fsp3) is 0.647. The minimum Gasteiger partial charge on any atom is -0.497 e. The summed E-state index contributed by atoms with van der Waals surface area (Å²) in [5.41, 5.74) is 0.642. The lowest BCUT2D eigenvalue weighted by Gasteiger charge is -2.30. The van der Waals surface area contributed by atoms with Gasteiger partial charge in [0.05, 0.1) is 24.4 Å². The zero-order chi connectivity index (χ0) is 15.0. The molecule has 0 aromatic heterocycles. The summed E-state index contributed by atoms with van der Waals surface area (Å²) in [5.74, 6) is 0.973. The first-order chi connectivity index (χ1) is 9.23. The van der Waals surface area contributed by atoms with Gasteiger partial charge in [0.15, 0.2) is 0 Å². The Balaban J connectivity index is 2.10.